The van der Waals surface area contributed by atoms with Crippen molar-refractivity contribution in [2.75, 3.05) is 0 Å². The van der Waals surface area contributed by atoms with Crippen molar-refractivity contribution in [3.05, 3.63) is 77.5 Å². The molecule has 126 valence electrons. The summed E-state index contributed by atoms with van der Waals surface area (Å²) in [7, 11) is 0. The van der Waals surface area contributed by atoms with Crippen molar-refractivity contribution in [1.82, 2.24) is 10.2 Å². The van der Waals surface area contributed by atoms with Gasteiger partial charge < -0.3 is 4.42 Å². The van der Waals surface area contributed by atoms with Gasteiger partial charge >= 0.3 is 6.03 Å². The number of imide groups is 2. The Kier molecular flexibility index (Phi) is 4.56. The van der Waals surface area contributed by atoms with E-state index in [4.69, 9.17) is 4.42 Å². The van der Waals surface area contributed by atoms with E-state index in [1.54, 1.807) is 18.2 Å². The van der Waals surface area contributed by atoms with Crippen LogP contribution in [0.4, 0.5) is 9.18 Å². The third-order valence-corrected chi connectivity index (χ3v) is 3.51. The molecule has 0 unspecified atom stereocenters. The number of amides is 4. The van der Waals surface area contributed by atoms with Gasteiger partial charge in [-0.15, -0.1) is 0 Å². The van der Waals surface area contributed by atoms with Crippen LogP contribution in [0.25, 0.3) is 6.08 Å². The minimum Gasteiger partial charge on any atom is -0.465 e. The lowest BCUT2D eigenvalue weighted by Crippen LogP contribution is -2.53. The number of hydrogen-bond acceptors (Lipinski definition) is 4. The molecule has 2 aromatic rings. The zero-order valence-corrected chi connectivity index (χ0v) is 12.9. The highest BCUT2D eigenvalue weighted by Crippen LogP contribution is 2.15. The number of halogens is 1. The summed E-state index contributed by atoms with van der Waals surface area (Å²) >= 11 is 0. The van der Waals surface area contributed by atoms with E-state index in [0.29, 0.717) is 11.3 Å². The molecule has 0 aliphatic carbocycles. The lowest BCUT2D eigenvalue weighted by atomic mass is 10.1. The molecule has 0 bridgehead atoms. The van der Waals surface area contributed by atoms with E-state index < -0.39 is 23.7 Å². The average Bonchev–Trinajstić information content (AvgIpc) is 3.09. The van der Waals surface area contributed by atoms with Crippen molar-refractivity contribution in [1.29, 1.82) is 0 Å². The van der Waals surface area contributed by atoms with Crippen LogP contribution in [0.3, 0.4) is 0 Å². The molecule has 3 rings (SSSR count). The van der Waals surface area contributed by atoms with Gasteiger partial charge in [0, 0.05) is 0 Å². The Morgan fingerprint density at radius 2 is 1.88 bits per heavy atom. The first-order valence-electron chi connectivity index (χ1n) is 7.38. The van der Waals surface area contributed by atoms with Crippen LogP contribution in [-0.4, -0.2) is 22.7 Å². The highest BCUT2D eigenvalue weighted by atomic mass is 19.1. The number of carbonyl (C=O) groups excluding carboxylic acids is 3. The average molecular weight is 340 g/mol. The molecule has 0 spiro atoms. The van der Waals surface area contributed by atoms with Gasteiger partial charge in [-0.3, -0.25) is 19.8 Å². The zero-order valence-electron chi connectivity index (χ0n) is 12.9. The number of carbonyl (C=O) groups is 3. The number of allylic oxidation sites excluding steroid dienone is 2. The molecule has 1 aromatic carbocycles. The van der Waals surface area contributed by atoms with Gasteiger partial charge in [-0.1, -0.05) is 18.2 Å². The molecular weight excluding hydrogens is 327 g/mol. The Bertz CT molecular complexity index is 867. The van der Waals surface area contributed by atoms with Gasteiger partial charge in [0.25, 0.3) is 11.8 Å². The monoisotopic (exact) mass is 340 g/mol. The second-order valence-corrected chi connectivity index (χ2v) is 5.23. The fourth-order valence-electron chi connectivity index (χ4n) is 2.25. The van der Waals surface area contributed by atoms with Gasteiger partial charge in [-0.05, 0) is 42.0 Å². The number of nitrogens with one attached hydrogen (secondary N) is 1. The third-order valence-electron chi connectivity index (χ3n) is 3.51. The minimum absolute atomic E-state index is 0.0720. The Hall–Kier alpha value is -3.48. The first-order chi connectivity index (χ1) is 12.0. The summed E-state index contributed by atoms with van der Waals surface area (Å²) in [6, 6.07) is 7.99. The largest absolute Gasteiger partial charge is 0.465 e. The van der Waals surface area contributed by atoms with Crippen molar-refractivity contribution in [2.45, 2.75) is 6.54 Å². The van der Waals surface area contributed by atoms with Gasteiger partial charge in [0.15, 0.2) is 0 Å². The SMILES string of the molecule is O=C1NC(=O)N(Cc2ccc(F)cc2)C(=O)C1=CC=Cc1ccco1. The second kappa shape index (κ2) is 6.96. The normalized spacial score (nSPS) is 16.8. The summed E-state index contributed by atoms with van der Waals surface area (Å²) in [5.41, 5.74) is 0.384. The Morgan fingerprint density at radius 1 is 1.12 bits per heavy atom. The fourth-order valence-corrected chi connectivity index (χ4v) is 2.25. The maximum absolute atomic E-state index is 13.0. The second-order valence-electron chi connectivity index (χ2n) is 5.23. The molecule has 1 aliphatic rings. The predicted molar refractivity (Wildman–Crippen MR) is 86.3 cm³/mol. The topological polar surface area (TPSA) is 79.6 Å². The number of rotatable bonds is 4. The van der Waals surface area contributed by atoms with Crippen LogP contribution in [0.1, 0.15) is 11.3 Å². The lowest BCUT2D eigenvalue weighted by Gasteiger charge is -2.26. The summed E-state index contributed by atoms with van der Waals surface area (Å²) in [6.45, 7) is -0.0720. The summed E-state index contributed by atoms with van der Waals surface area (Å²) in [5.74, 6) is -1.35. The van der Waals surface area contributed by atoms with Crippen LogP contribution in [0.5, 0.6) is 0 Å². The zero-order chi connectivity index (χ0) is 17.8. The van der Waals surface area contributed by atoms with Gasteiger partial charge in [0.2, 0.25) is 0 Å². The Morgan fingerprint density at radius 3 is 2.56 bits per heavy atom. The van der Waals surface area contributed by atoms with Gasteiger partial charge in [-0.2, -0.15) is 0 Å². The maximum Gasteiger partial charge on any atom is 0.331 e. The molecule has 0 radical (unpaired) electrons. The first-order valence-corrected chi connectivity index (χ1v) is 7.38. The lowest BCUT2D eigenvalue weighted by molar-refractivity contribution is -0.130. The van der Waals surface area contributed by atoms with Crippen LogP contribution >= 0.6 is 0 Å². The highest BCUT2D eigenvalue weighted by Gasteiger charge is 2.35. The molecular formula is C18H13FN2O4. The van der Waals surface area contributed by atoms with E-state index >= 15 is 0 Å². The third kappa shape index (κ3) is 3.72. The van der Waals surface area contributed by atoms with Crippen LogP contribution in [0, 0.1) is 5.82 Å². The predicted octanol–water partition coefficient (Wildman–Crippen LogP) is 2.64. The van der Waals surface area contributed by atoms with Gasteiger partial charge in [-0.25, -0.2) is 9.18 Å². The van der Waals surface area contributed by atoms with Crippen LogP contribution in [-0.2, 0) is 16.1 Å². The molecule has 1 fully saturated rings. The standard InChI is InChI=1S/C18H13FN2O4/c19-13-8-6-12(7-9-13)11-21-17(23)15(16(22)20-18(21)24)5-1-3-14-4-2-10-25-14/h1-10H,11H2,(H,20,22,24). The first kappa shape index (κ1) is 16.4. The van der Waals surface area contributed by atoms with Gasteiger partial charge in [0.1, 0.15) is 17.2 Å². The molecule has 6 nitrogen and oxygen atoms in total. The summed E-state index contributed by atoms with van der Waals surface area (Å²) in [5, 5.41) is 2.11. The van der Waals surface area contributed by atoms with Crippen molar-refractivity contribution in [2.24, 2.45) is 0 Å². The van der Waals surface area contributed by atoms with E-state index in [0.717, 1.165) is 4.90 Å². The molecule has 1 aromatic heterocycles. The summed E-state index contributed by atoms with van der Waals surface area (Å²) in [6.07, 6.45) is 5.87. The smallest absolute Gasteiger partial charge is 0.331 e. The van der Waals surface area contributed by atoms with E-state index in [2.05, 4.69) is 5.32 Å². The fraction of sp³-hybridized carbons (Fsp3) is 0.0556. The van der Waals surface area contributed by atoms with E-state index in [9.17, 15) is 18.8 Å². The van der Waals surface area contributed by atoms with E-state index in [-0.39, 0.29) is 12.1 Å². The summed E-state index contributed by atoms with van der Waals surface area (Å²) < 4.78 is 18.1. The number of furan rings is 1. The number of barbiturate groups is 1. The highest BCUT2D eigenvalue weighted by molar-refractivity contribution is 6.28. The minimum atomic E-state index is -0.813. The number of hydrogen-bond donors (Lipinski definition) is 1. The van der Waals surface area contributed by atoms with E-state index in [1.165, 1.54) is 42.7 Å². The molecule has 0 saturated carbocycles. The van der Waals surface area contributed by atoms with Crippen molar-refractivity contribution >= 4 is 23.9 Å². The van der Waals surface area contributed by atoms with Crippen molar-refractivity contribution in [3.63, 3.8) is 0 Å². The summed E-state index contributed by atoms with van der Waals surface area (Å²) in [4.78, 5) is 37.2. The van der Waals surface area contributed by atoms with Crippen LogP contribution in [0.2, 0.25) is 0 Å². The van der Waals surface area contributed by atoms with Crippen LogP contribution < -0.4 is 5.32 Å². The number of nitrogens with zero attached hydrogens (tertiary/aromatic N) is 1. The van der Waals surface area contributed by atoms with E-state index in [1.807, 2.05) is 0 Å². The molecule has 1 N–H and O–H groups in total. The molecule has 1 saturated heterocycles. The Labute approximate surface area is 142 Å². The number of urea groups is 1. The molecule has 25 heavy (non-hydrogen) atoms. The number of benzene rings is 1. The molecule has 4 amide bonds. The molecule has 0 atom stereocenters. The van der Waals surface area contributed by atoms with Crippen LogP contribution in [0.15, 0.2) is 64.8 Å². The quantitative estimate of drug-likeness (QED) is 0.685. The van der Waals surface area contributed by atoms with Crippen molar-refractivity contribution in [3.8, 4) is 0 Å². The van der Waals surface area contributed by atoms with Crippen molar-refractivity contribution < 1.29 is 23.2 Å². The Balaban J connectivity index is 1.80. The maximum atomic E-state index is 13.0. The van der Waals surface area contributed by atoms with Gasteiger partial charge in [0.05, 0.1) is 12.8 Å². The molecule has 7 heteroatoms. The molecule has 1 aliphatic heterocycles. The molecule has 2 heterocycles.